The number of amides is 1. The van der Waals surface area contributed by atoms with E-state index in [1.165, 1.54) is 33.3 Å². The number of methoxy groups -OCH3 is 2. The zero-order chi connectivity index (χ0) is 18.4. The van der Waals surface area contributed by atoms with Gasteiger partial charge in [-0.1, -0.05) is 11.6 Å². The molecule has 1 amide bonds. The van der Waals surface area contributed by atoms with Crippen molar-refractivity contribution in [2.45, 2.75) is 13.0 Å². The molecule has 0 radical (unpaired) electrons. The summed E-state index contributed by atoms with van der Waals surface area (Å²) in [4.78, 5) is 24.3. The number of ether oxygens (including phenoxy) is 3. The molecular weight excluding hydrogens is 346 g/mol. The van der Waals surface area contributed by atoms with Crippen molar-refractivity contribution in [3.8, 4) is 11.5 Å². The molecule has 0 spiro atoms. The van der Waals surface area contributed by atoms with Gasteiger partial charge in [-0.05, 0) is 49.4 Å². The van der Waals surface area contributed by atoms with Crippen molar-refractivity contribution in [3.63, 3.8) is 0 Å². The number of nitrogens with one attached hydrogen (secondary N) is 1. The number of carbonyl (C=O) groups excluding carboxylic acids is 2. The van der Waals surface area contributed by atoms with Crippen LogP contribution in [0.15, 0.2) is 42.5 Å². The highest BCUT2D eigenvalue weighted by atomic mass is 35.5. The Balaban J connectivity index is 2.01. The molecule has 6 nitrogen and oxygen atoms in total. The lowest BCUT2D eigenvalue weighted by Gasteiger charge is -2.14. The normalized spacial score (nSPS) is 11.4. The molecule has 1 N–H and O–H groups in total. The molecule has 0 saturated carbocycles. The quantitative estimate of drug-likeness (QED) is 0.794. The summed E-state index contributed by atoms with van der Waals surface area (Å²) >= 11 is 5.79. The van der Waals surface area contributed by atoms with Crippen molar-refractivity contribution in [1.29, 1.82) is 0 Å². The summed E-state index contributed by atoms with van der Waals surface area (Å²) in [5.74, 6) is -0.196. The van der Waals surface area contributed by atoms with E-state index in [9.17, 15) is 9.59 Å². The van der Waals surface area contributed by atoms with Crippen molar-refractivity contribution >= 4 is 29.2 Å². The summed E-state index contributed by atoms with van der Waals surface area (Å²) in [5, 5.41) is 3.21. The van der Waals surface area contributed by atoms with Crippen LogP contribution in [0.3, 0.4) is 0 Å². The van der Waals surface area contributed by atoms with E-state index >= 15 is 0 Å². The molecule has 2 rings (SSSR count). The van der Waals surface area contributed by atoms with Crippen molar-refractivity contribution in [3.05, 3.63) is 53.1 Å². The molecule has 0 unspecified atom stereocenters. The van der Waals surface area contributed by atoms with E-state index in [1.807, 2.05) is 0 Å². The Morgan fingerprint density at radius 2 is 1.64 bits per heavy atom. The summed E-state index contributed by atoms with van der Waals surface area (Å²) in [6, 6.07) is 11.2. The van der Waals surface area contributed by atoms with E-state index in [4.69, 9.17) is 25.8 Å². The fourth-order valence-electron chi connectivity index (χ4n) is 2.02. The second-order valence-corrected chi connectivity index (χ2v) is 5.55. The number of benzene rings is 2. The van der Waals surface area contributed by atoms with Gasteiger partial charge in [0.15, 0.2) is 17.6 Å². The highest BCUT2D eigenvalue weighted by Gasteiger charge is 2.20. The highest BCUT2D eigenvalue weighted by molar-refractivity contribution is 6.30. The standard InChI is InChI=1S/C18H18ClNO5/c1-11(17(21)20-14-7-5-13(19)6-8-14)25-18(22)12-4-9-15(23-2)16(10-12)24-3/h4-11H,1-3H3,(H,20,21)/t11-/m0/s1. The van der Waals surface area contributed by atoms with E-state index in [0.29, 0.717) is 22.2 Å². The van der Waals surface area contributed by atoms with Gasteiger partial charge >= 0.3 is 5.97 Å². The third-order valence-corrected chi connectivity index (χ3v) is 3.64. The molecule has 0 bridgehead atoms. The van der Waals surface area contributed by atoms with Gasteiger partial charge in [-0.15, -0.1) is 0 Å². The molecule has 0 aliphatic heterocycles. The zero-order valence-electron chi connectivity index (χ0n) is 14.0. The Hall–Kier alpha value is -2.73. The minimum atomic E-state index is -0.976. The van der Waals surface area contributed by atoms with Crippen LogP contribution in [0, 0.1) is 0 Å². The maximum absolute atomic E-state index is 12.2. The second-order valence-electron chi connectivity index (χ2n) is 5.11. The second kappa shape index (κ2) is 8.39. The van der Waals surface area contributed by atoms with E-state index < -0.39 is 18.0 Å². The monoisotopic (exact) mass is 363 g/mol. The van der Waals surface area contributed by atoms with E-state index in [2.05, 4.69) is 5.32 Å². The van der Waals surface area contributed by atoms with Gasteiger partial charge in [0.2, 0.25) is 0 Å². The predicted octanol–water partition coefficient (Wildman–Crippen LogP) is 3.54. The van der Waals surface area contributed by atoms with Gasteiger partial charge in [-0.3, -0.25) is 4.79 Å². The van der Waals surface area contributed by atoms with Gasteiger partial charge in [0.05, 0.1) is 19.8 Å². The summed E-state index contributed by atoms with van der Waals surface area (Å²) in [6.07, 6.45) is -0.976. The van der Waals surface area contributed by atoms with Crippen LogP contribution < -0.4 is 14.8 Å². The van der Waals surface area contributed by atoms with Crippen LogP contribution in [-0.4, -0.2) is 32.2 Å². The largest absolute Gasteiger partial charge is 0.493 e. The molecule has 0 heterocycles. The fraction of sp³-hybridized carbons (Fsp3) is 0.222. The van der Waals surface area contributed by atoms with Crippen molar-refractivity contribution in [2.75, 3.05) is 19.5 Å². The van der Waals surface area contributed by atoms with Crippen molar-refractivity contribution < 1.29 is 23.8 Å². The average Bonchev–Trinajstić information content (AvgIpc) is 2.62. The van der Waals surface area contributed by atoms with Crippen LogP contribution >= 0.6 is 11.6 Å². The summed E-state index contributed by atoms with van der Waals surface area (Å²) in [7, 11) is 2.97. The summed E-state index contributed by atoms with van der Waals surface area (Å²) < 4.78 is 15.5. The Kier molecular flexibility index (Phi) is 6.25. The van der Waals surface area contributed by atoms with Gasteiger partial charge in [0, 0.05) is 10.7 Å². The van der Waals surface area contributed by atoms with E-state index in [0.717, 1.165) is 0 Å². The van der Waals surface area contributed by atoms with Gasteiger partial charge in [0.25, 0.3) is 5.91 Å². The van der Waals surface area contributed by atoms with E-state index in [1.54, 1.807) is 30.3 Å². The van der Waals surface area contributed by atoms with Crippen LogP contribution in [0.5, 0.6) is 11.5 Å². The Morgan fingerprint density at radius 3 is 2.24 bits per heavy atom. The lowest BCUT2D eigenvalue weighted by molar-refractivity contribution is -0.123. The lowest BCUT2D eigenvalue weighted by Crippen LogP contribution is -2.30. The molecule has 0 aliphatic rings. The van der Waals surface area contributed by atoms with Crippen molar-refractivity contribution in [1.82, 2.24) is 0 Å². The molecule has 132 valence electrons. The third-order valence-electron chi connectivity index (χ3n) is 3.38. The summed E-state index contributed by atoms with van der Waals surface area (Å²) in [6.45, 7) is 1.49. The first-order valence-electron chi connectivity index (χ1n) is 7.44. The molecule has 0 aliphatic carbocycles. The third kappa shape index (κ3) is 4.87. The molecule has 0 saturated heterocycles. The maximum Gasteiger partial charge on any atom is 0.339 e. The number of anilines is 1. The minimum Gasteiger partial charge on any atom is -0.493 e. The molecule has 1 atom stereocenters. The zero-order valence-corrected chi connectivity index (χ0v) is 14.8. The number of esters is 1. The minimum absolute atomic E-state index is 0.254. The molecule has 0 fully saturated rings. The first kappa shape index (κ1) is 18.6. The Bertz CT molecular complexity index is 761. The van der Waals surface area contributed by atoms with Gasteiger partial charge in [-0.25, -0.2) is 4.79 Å². The maximum atomic E-state index is 12.2. The van der Waals surface area contributed by atoms with Gasteiger partial charge in [0.1, 0.15) is 0 Å². The lowest BCUT2D eigenvalue weighted by atomic mass is 10.2. The SMILES string of the molecule is COc1ccc(C(=O)O[C@@H](C)C(=O)Nc2ccc(Cl)cc2)cc1OC. The predicted molar refractivity (Wildman–Crippen MR) is 94.5 cm³/mol. The smallest absolute Gasteiger partial charge is 0.339 e. The van der Waals surface area contributed by atoms with Crippen LogP contribution in [0.25, 0.3) is 0 Å². The Morgan fingerprint density at radius 1 is 1.00 bits per heavy atom. The van der Waals surface area contributed by atoms with Crippen LogP contribution in [0.4, 0.5) is 5.69 Å². The first-order chi connectivity index (χ1) is 11.9. The molecule has 25 heavy (non-hydrogen) atoms. The summed E-state index contributed by atoms with van der Waals surface area (Å²) in [5.41, 5.74) is 0.812. The number of hydrogen-bond donors (Lipinski definition) is 1. The van der Waals surface area contributed by atoms with Gasteiger partial charge < -0.3 is 19.5 Å². The van der Waals surface area contributed by atoms with E-state index in [-0.39, 0.29) is 5.56 Å². The molecule has 2 aromatic carbocycles. The number of carbonyl (C=O) groups is 2. The topological polar surface area (TPSA) is 73.9 Å². The molecule has 7 heteroatoms. The van der Waals surface area contributed by atoms with Crippen molar-refractivity contribution in [2.24, 2.45) is 0 Å². The fourth-order valence-corrected chi connectivity index (χ4v) is 2.15. The first-order valence-corrected chi connectivity index (χ1v) is 7.82. The number of halogens is 1. The molecule has 0 aromatic heterocycles. The molecule has 2 aromatic rings. The van der Waals surface area contributed by atoms with Crippen LogP contribution in [0.1, 0.15) is 17.3 Å². The highest BCUT2D eigenvalue weighted by Crippen LogP contribution is 2.28. The number of hydrogen-bond acceptors (Lipinski definition) is 5. The average molecular weight is 364 g/mol. The van der Waals surface area contributed by atoms with Gasteiger partial charge in [-0.2, -0.15) is 0 Å². The van der Waals surface area contributed by atoms with Crippen LogP contribution in [-0.2, 0) is 9.53 Å². The Labute approximate surface area is 150 Å². The molecular formula is C18H18ClNO5. The van der Waals surface area contributed by atoms with Crippen LogP contribution in [0.2, 0.25) is 5.02 Å². The number of rotatable bonds is 6.